The molecule has 0 saturated heterocycles. The van der Waals surface area contributed by atoms with Gasteiger partial charge in [-0.05, 0) is 42.4 Å². The van der Waals surface area contributed by atoms with E-state index in [4.69, 9.17) is 17.0 Å². The minimum Gasteiger partial charge on any atom is -0.486 e. The van der Waals surface area contributed by atoms with E-state index in [0.29, 0.717) is 10.6 Å². The van der Waals surface area contributed by atoms with E-state index in [9.17, 15) is 0 Å². The second kappa shape index (κ2) is 8.21. The largest absolute Gasteiger partial charge is 0.486 e. The van der Waals surface area contributed by atoms with Crippen LogP contribution in [-0.4, -0.2) is 21.1 Å². The number of H-pyrrole nitrogens is 1. The maximum atomic E-state index is 5.71. The van der Waals surface area contributed by atoms with Crippen LogP contribution in [0.15, 0.2) is 71.3 Å². The molecule has 3 aromatic rings. The fourth-order valence-electron chi connectivity index (χ4n) is 2.20. The molecule has 1 N–H and O–H groups in total. The Kier molecular flexibility index (Phi) is 5.53. The lowest BCUT2D eigenvalue weighted by atomic mass is 10.1. The second-order valence-corrected chi connectivity index (χ2v) is 5.79. The van der Waals surface area contributed by atoms with E-state index in [2.05, 4.69) is 15.3 Å². The molecule has 0 fully saturated rings. The lowest BCUT2D eigenvalue weighted by Gasteiger charge is -2.05. The van der Waals surface area contributed by atoms with E-state index in [1.165, 1.54) is 0 Å². The summed E-state index contributed by atoms with van der Waals surface area (Å²) in [6.07, 6.45) is 3.80. The number of aromatic amines is 1. The van der Waals surface area contributed by atoms with Gasteiger partial charge in [0.1, 0.15) is 12.4 Å². The van der Waals surface area contributed by atoms with Crippen LogP contribution < -0.4 is 4.74 Å². The van der Waals surface area contributed by atoms with Crippen molar-refractivity contribution in [1.29, 1.82) is 0 Å². The Morgan fingerprint density at radius 1 is 1.16 bits per heavy atom. The lowest BCUT2D eigenvalue weighted by molar-refractivity contribution is 0.290. The quantitative estimate of drug-likeness (QED) is 0.527. The van der Waals surface area contributed by atoms with Crippen molar-refractivity contribution in [2.45, 2.75) is 13.5 Å². The molecule has 0 aliphatic heterocycles. The normalized spacial score (nSPS) is 11.8. The number of hydrogen-bond donors (Lipinski definition) is 1. The van der Waals surface area contributed by atoms with Gasteiger partial charge in [0.05, 0.1) is 6.21 Å². The predicted molar refractivity (Wildman–Crippen MR) is 102 cm³/mol. The molecule has 3 rings (SSSR count). The molecule has 0 aliphatic rings. The van der Waals surface area contributed by atoms with Crippen LogP contribution in [0.5, 0.6) is 5.75 Å². The number of aromatic nitrogens is 3. The number of hydrogen-bond acceptors (Lipinski definition) is 4. The molecule has 126 valence electrons. The number of para-hydroxylation sites is 1. The first kappa shape index (κ1) is 16.9. The highest BCUT2D eigenvalue weighted by atomic mass is 32.1. The van der Waals surface area contributed by atoms with E-state index < -0.39 is 0 Å². The van der Waals surface area contributed by atoms with Crippen LogP contribution >= 0.6 is 12.2 Å². The summed E-state index contributed by atoms with van der Waals surface area (Å²) in [7, 11) is 0. The van der Waals surface area contributed by atoms with Gasteiger partial charge in [-0.25, -0.2) is 5.10 Å². The monoisotopic (exact) mass is 350 g/mol. The van der Waals surface area contributed by atoms with Gasteiger partial charge in [0.25, 0.3) is 0 Å². The highest BCUT2D eigenvalue weighted by Crippen LogP contribution is 2.11. The molecule has 0 amide bonds. The van der Waals surface area contributed by atoms with Crippen LogP contribution in [0.2, 0.25) is 0 Å². The number of allylic oxidation sites excluding steroid dienone is 1. The first-order chi connectivity index (χ1) is 12.2. The molecule has 0 aliphatic carbocycles. The lowest BCUT2D eigenvalue weighted by Crippen LogP contribution is -2.04. The molecule has 0 radical (unpaired) electrons. The Labute approximate surface area is 151 Å². The maximum absolute atomic E-state index is 5.71. The number of nitrogens with zero attached hydrogens (tertiary/aromatic N) is 3. The molecule has 0 atom stereocenters. The van der Waals surface area contributed by atoms with Crippen molar-refractivity contribution in [1.82, 2.24) is 14.9 Å². The van der Waals surface area contributed by atoms with Gasteiger partial charge in [-0.3, -0.25) is 0 Å². The SMILES string of the molecule is CC(C=Nn1c(COc2ccccc2)n[nH]c1=S)=Cc1ccccc1. The van der Waals surface area contributed by atoms with Crippen molar-refractivity contribution in [2.75, 3.05) is 0 Å². The van der Waals surface area contributed by atoms with E-state index in [1.54, 1.807) is 10.9 Å². The van der Waals surface area contributed by atoms with E-state index in [0.717, 1.165) is 16.9 Å². The minimum atomic E-state index is 0.274. The summed E-state index contributed by atoms with van der Waals surface area (Å²) < 4.78 is 7.71. The first-order valence-corrected chi connectivity index (χ1v) is 8.25. The van der Waals surface area contributed by atoms with Crippen molar-refractivity contribution in [3.63, 3.8) is 0 Å². The van der Waals surface area contributed by atoms with Crippen LogP contribution in [-0.2, 0) is 6.61 Å². The molecular formula is C19H18N4OS. The summed E-state index contributed by atoms with van der Waals surface area (Å²) in [6, 6.07) is 19.6. The summed E-state index contributed by atoms with van der Waals surface area (Å²) in [4.78, 5) is 0. The minimum absolute atomic E-state index is 0.274. The molecule has 0 spiro atoms. The van der Waals surface area contributed by atoms with Crippen LogP contribution in [0.4, 0.5) is 0 Å². The molecule has 5 nitrogen and oxygen atoms in total. The van der Waals surface area contributed by atoms with Gasteiger partial charge in [-0.15, -0.1) is 0 Å². The Morgan fingerprint density at radius 2 is 1.84 bits per heavy atom. The number of benzene rings is 2. The van der Waals surface area contributed by atoms with Gasteiger partial charge in [0, 0.05) is 0 Å². The van der Waals surface area contributed by atoms with E-state index in [-0.39, 0.29) is 6.61 Å². The highest BCUT2D eigenvalue weighted by molar-refractivity contribution is 7.71. The average molecular weight is 350 g/mol. The van der Waals surface area contributed by atoms with Gasteiger partial charge in [0.2, 0.25) is 4.77 Å². The van der Waals surface area contributed by atoms with Gasteiger partial charge in [0.15, 0.2) is 5.82 Å². The fourth-order valence-corrected chi connectivity index (χ4v) is 2.40. The third-order valence-corrected chi connectivity index (χ3v) is 3.66. The third kappa shape index (κ3) is 4.74. The standard InChI is InChI=1S/C19H18N4OS/c1-15(12-16-8-4-2-5-9-16)13-20-23-18(21-22-19(23)25)14-24-17-10-6-3-7-11-17/h2-13H,14H2,1H3,(H,22,25). The zero-order chi connectivity index (χ0) is 17.5. The van der Waals surface area contributed by atoms with Crippen LogP contribution in [0, 0.1) is 4.77 Å². The molecular weight excluding hydrogens is 332 g/mol. The zero-order valence-corrected chi connectivity index (χ0v) is 14.6. The molecule has 0 bridgehead atoms. The number of rotatable bonds is 6. The maximum Gasteiger partial charge on any atom is 0.216 e. The van der Waals surface area contributed by atoms with Crippen LogP contribution in [0.3, 0.4) is 0 Å². The van der Waals surface area contributed by atoms with Crippen LogP contribution in [0.25, 0.3) is 6.08 Å². The highest BCUT2D eigenvalue weighted by Gasteiger charge is 2.05. The van der Waals surface area contributed by atoms with Gasteiger partial charge < -0.3 is 4.74 Å². The molecule has 1 heterocycles. The molecule has 6 heteroatoms. The van der Waals surface area contributed by atoms with Crippen molar-refractivity contribution in [3.05, 3.63) is 82.4 Å². The van der Waals surface area contributed by atoms with Gasteiger partial charge >= 0.3 is 0 Å². The van der Waals surface area contributed by atoms with E-state index >= 15 is 0 Å². The summed E-state index contributed by atoms with van der Waals surface area (Å²) in [5, 5.41) is 11.3. The van der Waals surface area contributed by atoms with Crippen molar-refractivity contribution in [2.24, 2.45) is 5.10 Å². The Hall–Kier alpha value is -2.99. The Balaban J connectivity index is 1.73. The van der Waals surface area contributed by atoms with E-state index in [1.807, 2.05) is 73.7 Å². The average Bonchev–Trinajstić information content (AvgIpc) is 3.00. The van der Waals surface area contributed by atoms with Gasteiger partial charge in [-0.1, -0.05) is 54.6 Å². The topological polar surface area (TPSA) is 55.2 Å². The molecule has 1 aromatic heterocycles. The van der Waals surface area contributed by atoms with Gasteiger partial charge in [-0.2, -0.15) is 14.9 Å². The summed E-state index contributed by atoms with van der Waals surface area (Å²) in [5.41, 5.74) is 2.12. The number of nitrogens with one attached hydrogen (secondary N) is 1. The van der Waals surface area contributed by atoms with Crippen LogP contribution in [0.1, 0.15) is 18.3 Å². The number of ether oxygens (including phenoxy) is 1. The molecule has 0 unspecified atom stereocenters. The Bertz CT molecular complexity index is 927. The van der Waals surface area contributed by atoms with Crippen molar-refractivity contribution < 1.29 is 4.74 Å². The Morgan fingerprint density at radius 3 is 2.56 bits per heavy atom. The first-order valence-electron chi connectivity index (χ1n) is 7.84. The van der Waals surface area contributed by atoms with Crippen molar-refractivity contribution >= 4 is 24.5 Å². The second-order valence-electron chi connectivity index (χ2n) is 5.40. The third-order valence-electron chi connectivity index (χ3n) is 3.40. The smallest absolute Gasteiger partial charge is 0.216 e. The summed E-state index contributed by atoms with van der Waals surface area (Å²) >= 11 is 5.24. The molecule has 0 saturated carbocycles. The summed E-state index contributed by atoms with van der Waals surface area (Å²) in [6.45, 7) is 2.26. The molecule has 2 aromatic carbocycles. The summed E-state index contributed by atoms with van der Waals surface area (Å²) in [5.74, 6) is 1.38. The predicted octanol–water partition coefficient (Wildman–Crippen LogP) is 4.46. The fraction of sp³-hybridized carbons (Fsp3) is 0.105. The van der Waals surface area contributed by atoms with Crippen molar-refractivity contribution in [3.8, 4) is 5.75 Å². The molecule has 25 heavy (non-hydrogen) atoms. The zero-order valence-electron chi connectivity index (χ0n) is 13.8.